The quantitative estimate of drug-likeness (QED) is 0.804. The van der Waals surface area contributed by atoms with Crippen LogP contribution in [0.2, 0.25) is 0 Å². The fourth-order valence-corrected chi connectivity index (χ4v) is 2.62. The van der Waals surface area contributed by atoms with Crippen LogP contribution in [0.3, 0.4) is 0 Å². The number of hydrogen-bond acceptors (Lipinski definition) is 3. The third-order valence-electron chi connectivity index (χ3n) is 3.74. The molecule has 2 unspecified atom stereocenters. The molecule has 0 saturated carbocycles. The number of aryl methyl sites for hydroxylation is 1. The largest absolute Gasteiger partial charge is 0.381 e. The normalized spacial score (nSPS) is 21.3. The molecule has 0 bridgehead atoms. The second-order valence-electron chi connectivity index (χ2n) is 5.02. The molecule has 1 aromatic heterocycles. The van der Waals surface area contributed by atoms with Crippen LogP contribution >= 0.6 is 0 Å². The Labute approximate surface area is 110 Å². The molecule has 1 saturated heterocycles. The SMILES string of the molecule is CCCNC(Cc1nccn1CC)C1CCOC1. The predicted molar refractivity (Wildman–Crippen MR) is 72.6 cm³/mol. The van der Waals surface area contributed by atoms with Gasteiger partial charge in [0.1, 0.15) is 5.82 Å². The van der Waals surface area contributed by atoms with Gasteiger partial charge >= 0.3 is 0 Å². The van der Waals surface area contributed by atoms with Gasteiger partial charge in [0.15, 0.2) is 0 Å². The van der Waals surface area contributed by atoms with E-state index in [4.69, 9.17) is 4.74 Å². The molecule has 2 rings (SSSR count). The maximum Gasteiger partial charge on any atom is 0.110 e. The van der Waals surface area contributed by atoms with E-state index < -0.39 is 0 Å². The van der Waals surface area contributed by atoms with Gasteiger partial charge in [-0.1, -0.05) is 6.92 Å². The van der Waals surface area contributed by atoms with Crippen molar-refractivity contribution < 1.29 is 4.74 Å². The molecule has 4 nitrogen and oxygen atoms in total. The van der Waals surface area contributed by atoms with Gasteiger partial charge in [-0.05, 0) is 26.3 Å². The van der Waals surface area contributed by atoms with Crippen LogP contribution in [0.25, 0.3) is 0 Å². The smallest absolute Gasteiger partial charge is 0.110 e. The van der Waals surface area contributed by atoms with Crippen LogP contribution in [0.1, 0.15) is 32.5 Å². The first-order chi connectivity index (χ1) is 8.85. The Kier molecular flexibility index (Phi) is 5.20. The highest BCUT2D eigenvalue weighted by atomic mass is 16.5. The fourth-order valence-electron chi connectivity index (χ4n) is 2.62. The number of imidazole rings is 1. The topological polar surface area (TPSA) is 39.1 Å². The summed E-state index contributed by atoms with van der Waals surface area (Å²) in [6.07, 6.45) is 7.33. The van der Waals surface area contributed by atoms with Gasteiger partial charge in [-0.15, -0.1) is 0 Å². The van der Waals surface area contributed by atoms with Gasteiger partial charge in [0.05, 0.1) is 6.61 Å². The maximum atomic E-state index is 5.53. The van der Waals surface area contributed by atoms with Gasteiger partial charge in [0, 0.05) is 43.9 Å². The van der Waals surface area contributed by atoms with Crippen molar-refractivity contribution in [2.45, 2.75) is 45.7 Å². The molecular formula is C14H25N3O. The zero-order chi connectivity index (χ0) is 12.8. The third kappa shape index (κ3) is 3.33. The molecule has 0 aromatic carbocycles. The molecule has 0 spiro atoms. The lowest BCUT2D eigenvalue weighted by atomic mass is 9.95. The van der Waals surface area contributed by atoms with E-state index in [9.17, 15) is 0 Å². The first kappa shape index (κ1) is 13.6. The average Bonchev–Trinajstić information content (AvgIpc) is 3.04. The molecule has 0 radical (unpaired) electrons. The molecule has 2 atom stereocenters. The summed E-state index contributed by atoms with van der Waals surface area (Å²) in [6, 6.07) is 0.500. The molecule has 1 aliphatic heterocycles. The van der Waals surface area contributed by atoms with Crippen LogP contribution in [-0.4, -0.2) is 35.4 Å². The molecule has 0 amide bonds. The monoisotopic (exact) mass is 251 g/mol. The van der Waals surface area contributed by atoms with Crippen molar-refractivity contribution in [1.29, 1.82) is 0 Å². The van der Waals surface area contributed by atoms with Crippen LogP contribution in [0.5, 0.6) is 0 Å². The van der Waals surface area contributed by atoms with E-state index in [1.54, 1.807) is 0 Å². The van der Waals surface area contributed by atoms with Crippen molar-refractivity contribution >= 4 is 0 Å². The molecule has 0 aliphatic carbocycles. The first-order valence-electron chi connectivity index (χ1n) is 7.16. The molecule has 1 fully saturated rings. The number of aromatic nitrogens is 2. The second-order valence-corrected chi connectivity index (χ2v) is 5.02. The molecule has 1 N–H and O–H groups in total. The first-order valence-corrected chi connectivity index (χ1v) is 7.16. The summed E-state index contributed by atoms with van der Waals surface area (Å²) in [5.74, 6) is 1.83. The summed E-state index contributed by atoms with van der Waals surface area (Å²) in [7, 11) is 0. The van der Waals surface area contributed by atoms with Gasteiger partial charge in [-0.3, -0.25) is 0 Å². The average molecular weight is 251 g/mol. The molecule has 1 aromatic rings. The van der Waals surface area contributed by atoms with Crippen LogP contribution in [0.15, 0.2) is 12.4 Å². The van der Waals surface area contributed by atoms with E-state index in [1.165, 1.54) is 18.7 Å². The number of nitrogens with one attached hydrogen (secondary N) is 1. The van der Waals surface area contributed by atoms with Gasteiger partial charge in [-0.2, -0.15) is 0 Å². The second kappa shape index (κ2) is 6.90. The fraction of sp³-hybridized carbons (Fsp3) is 0.786. The molecule has 4 heteroatoms. The van der Waals surface area contributed by atoms with Crippen molar-refractivity contribution in [3.63, 3.8) is 0 Å². The summed E-state index contributed by atoms with van der Waals surface area (Å²) in [5, 5.41) is 3.67. The summed E-state index contributed by atoms with van der Waals surface area (Å²) in [4.78, 5) is 4.49. The van der Waals surface area contributed by atoms with Crippen LogP contribution in [0, 0.1) is 5.92 Å². The Bertz CT molecular complexity index is 345. The molecule has 1 aliphatic rings. The van der Waals surface area contributed by atoms with E-state index in [1.807, 2.05) is 6.20 Å². The summed E-state index contributed by atoms with van der Waals surface area (Å²) >= 11 is 0. The van der Waals surface area contributed by atoms with E-state index in [0.717, 1.165) is 32.7 Å². The molecule has 2 heterocycles. The van der Waals surface area contributed by atoms with Crippen molar-refractivity contribution in [3.05, 3.63) is 18.2 Å². The van der Waals surface area contributed by atoms with E-state index >= 15 is 0 Å². The minimum atomic E-state index is 0.500. The lowest BCUT2D eigenvalue weighted by Gasteiger charge is -2.23. The van der Waals surface area contributed by atoms with Gasteiger partial charge in [0.25, 0.3) is 0 Å². The highest BCUT2D eigenvalue weighted by molar-refractivity contribution is 4.97. The van der Waals surface area contributed by atoms with Crippen LogP contribution in [-0.2, 0) is 17.7 Å². The standard InChI is InChI=1S/C14H25N3O/c1-3-6-15-13(12-5-9-18-11-12)10-14-16-7-8-17(14)4-2/h7-8,12-13,15H,3-6,9-11H2,1-2H3. The Balaban J connectivity index is 1.99. The maximum absolute atomic E-state index is 5.53. The minimum Gasteiger partial charge on any atom is -0.381 e. The van der Waals surface area contributed by atoms with Crippen LogP contribution < -0.4 is 5.32 Å². The van der Waals surface area contributed by atoms with E-state index in [2.05, 4.69) is 34.9 Å². The highest BCUT2D eigenvalue weighted by Gasteiger charge is 2.26. The summed E-state index contributed by atoms with van der Waals surface area (Å²) < 4.78 is 7.76. The number of ether oxygens (including phenoxy) is 1. The zero-order valence-electron chi connectivity index (χ0n) is 11.6. The predicted octanol–water partition coefficient (Wildman–Crippen LogP) is 1.85. The Morgan fingerprint density at radius 2 is 2.44 bits per heavy atom. The number of hydrogen-bond donors (Lipinski definition) is 1. The Morgan fingerprint density at radius 1 is 1.56 bits per heavy atom. The highest BCUT2D eigenvalue weighted by Crippen LogP contribution is 2.19. The Morgan fingerprint density at radius 3 is 3.11 bits per heavy atom. The van der Waals surface area contributed by atoms with Gasteiger partial charge in [-0.25, -0.2) is 4.98 Å². The lowest BCUT2D eigenvalue weighted by molar-refractivity contribution is 0.176. The molecular weight excluding hydrogens is 226 g/mol. The minimum absolute atomic E-state index is 0.500. The van der Waals surface area contributed by atoms with Crippen molar-refractivity contribution in [3.8, 4) is 0 Å². The van der Waals surface area contributed by atoms with Crippen molar-refractivity contribution in [1.82, 2.24) is 14.9 Å². The lowest BCUT2D eigenvalue weighted by Crippen LogP contribution is -2.39. The summed E-state index contributed by atoms with van der Waals surface area (Å²) in [5.41, 5.74) is 0. The number of rotatable bonds is 7. The van der Waals surface area contributed by atoms with Crippen molar-refractivity contribution in [2.24, 2.45) is 5.92 Å². The number of nitrogens with zero attached hydrogens (tertiary/aromatic N) is 2. The molecule has 102 valence electrons. The Hall–Kier alpha value is -0.870. The van der Waals surface area contributed by atoms with Gasteiger partial charge in [0.2, 0.25) is 0 Å². The van der Waals surface area contributed by atoms with E-state index in [0.29, 0.717) is 12.0 Å². The van der Waals surface area contributed by atoms with Crippen LogP contribution in [0.4, 0.5) is 0 Å². The van der Waals surface area contributed by atoms with E-state index in [-0.39, 0.29) is 0 Å². The zero-order valence-corrected chi connectivity index (χ0v) is 11.6. The molecule has 18 heavy (non-hydrogen) atoms. The summed E-state index contributed by atoms with van der Waals surface area (Å²) in [6.45, 7) is 8.26. The van der Waals surface area contributed by atoms with Crippen molar-refractivity contribution in [2.75, 3.05) is 19.8 Å². The third-order valence-corrected chi connectivity index (χ3v) is 3.74. The van der Waals surface area contributed by atoms with Gasteiger partial charge < -0.3 is 14.6 Å².